The van der Waals surface area contributed by atoms with Gasteiger partial charge in [-0.15, -0.1) is 0 Å². The first kappa shape index (κ1) is 16.5. The van der Waals surface area contributed by atoms with Crippen molar-refractivity contribution in [3.63, 3.8) is 0 Å². The molecule has 0 amide bonds. The van der Waals surface area contributed by atoms with Gasteiger partial charge in [0.15, 0.2) is 0 Å². The maximum absolute atomic E-state index is 13.0. The molecule has 0 bridgehead atoms. The predicted molar refractivity (Wildman–Crippen MR) is 77.0 cm³/mol. The molecule has 0 saturated heterocycles. The van der Waals surface area contributed by atoms with Crippen LogP contribution in [0.5, 0.6) is 0 Å². The molecule has 19 heavy (non-hydrogen) atoms. The number of nitrogens with one attached hydrogen (secondary N) is 2. The average Bonchev–Trinajstić information content (AvgIpc) is 2.29. The van der Waals surface area contributed by atoms with Gasteiger partial charge in [-0.2, -0.15) is 0 Å². The zero-order valence-corrected chi connectivity index (χ0v) is 12.7. The Bertz CT molecular complexity index is 514. The van der Waals surface area contributed by atoms with Crippen LogP contribution in [0.4, 0.5) is 10.1 Å². The SMILES string of the molecule is CCCNCCS(=O)(=O)Nc1c(Cl)cc(F)cc1Cl. The first-order valence-corrected chi connectivity index (χ1v) is 8.12. The Balaban J connectivity index is 2.73. The molecule has 0 aromatic heterocycles. The number of halogens is 3. The number of benzene rings is 1. The van der Waals surface area contributed by atoms with E-state index in [1.165, 1.54) is 0 Å². The molecule has 1 aromatic carbocycles. The van der Waals surface area contributed by atoms with Crippen molar-refractivity contribution in [3.05, 3.63) is 28.0 Å². The van der Waals surface area contributed by atoms with Crippen LogP contribution in [0.1, 0.15) is 13.3 Å². The second-order valence-corrected chi connectivity index (χ2v) is 6.57. The molecule has 0 atom stereocenters. The van der Waals surface area contributed by atoms with Gasteiger partial charge in [-0.05, 0) is 25.1 Å². The van der Waals surface area contributed by atoms with Gasteiger partial charge in [0.25, 0.3) is 0 Å². The lowest BCUT2D eigenvalue weighted by atomic mass is 10.3. The minimum absolute atomic E-state index is 0.000208. The van der Waals surface area contributed by atoms with Crippen LogP contribution in [-0.4, -0.2) is 27.3 Å². The van der Waals surface area contributed by atoms with E-state index in [-0.39, 0.29) is 21.5 Å². The highest BCUT2D eigenvalue weighted by molar-refractivity contribution is 7.92. The van der Waals surface area contributed by atoms with E-state index in [2.05, 4.69) is 10.0 Å². The molecular formula is C11H15Cl2FN2O2S. The first-order chi connectivity index (χ1) is 8.85. The lowest BCUT2D eigenvalue weighted by Gasteiger charge is -2.11. The topological polar surface area (TPSA) is 58.2 Å². The predicted octanol–water partition coefficient (Wildman–Crippen LogP) is 2.87. The lowest BCUT2D eigenvalue weighted by Crippen LogP contribution is -2.27. The van der Waals surface area contributed by atoms with Crippen molar-refractivity contribution in [1.82, 2.24) is 5.32 Å². The van der Waals surface area contributed by atoms with Crippen LogP contribution in [0.25, 0.3) is 0 Å². The largest absolute Gasteiger partial charge is 0.316 e. The van der Waals surface area contributed by atoms with Crippen LogP contribution >= 0.6 is 23.2 Å². The summed E-state index contributed by atoms with van der Waals surface area (Å²) in [6.45, 7) is 3.05. The Kier molecular flexibility index (Phi) is 6.32. The van der Waals surface area contributed by atoms with Gasteiger partial charge in [-0.1, -0.05) is 30.1 Å². The molecule has 0 saturated carbocycles. The van der Waals surface area contributed by atoms with Crippen molar-refractivity contribution in [1.29, 1.82) is 0 Å². The number of anilines is 1. The van der Waals surface area contributed by atoms with Crippen LogP contribution < -0.4 is 10.0 Å². The van der Waals surface area contributed by atoms with Crippen molar-refractivity contribution in [2.45, 2.75) is 13.3 Å². The molecule has 0 aliphatic heterocycles. The van der Waals surface area contributed by atoms with E-state index in [0.29, 0.717) is 6.54 Å². The van der Waals surface area contributed by atoms with E-state index in [1.54, 1.807) is 0 Å². The van der Waals surface area contributed by atoms with Gasteiger partial charge in [0.2, 0.25) is 10.0 Å². The molecule has 108 valence electrons. The van der Waals surface area contributed by atoms with Crippen molar-refractivity contribution < 1.29 is 12.8 Å². The highest BCUT2D eigenvalue weighted by Gasteiger charge is 2.15. The number of rotatable bonds is 7. The summed E-state index contributed by atoms with van der Waals surface area (Å²) in [6.07, 6.45) is 0.920. The Morgan fingerprint density at radius 3 is 2.32 bits per heavy atom. The molecule has 0 aliphatic rings. The summed E-state index contributed by atoms with van der Waals surface area (Å²) < 4.78 is 38.8. The maximum atomic E-state index is 13.0. The second-order valence-electron chi connectivity index (χ2n) is 3.92. The zero-order valence-electron chi connectivity index (χ0n) is 10.3. The van der Waals surface area contributed by atoms with Gasteiger partial charge >= 0.3 is 0 Å². The fourth-order valence-corrected chi connectivity index (χ4v) is 3.07. The van der Waals surface area contributed by atoms with E-state index < -0.39 is 15.8 Å². The van der Waals surface area contributed by atoms with Crippen LogP contribution in [0.2, 0.25) is 10.0 Å². The van der Waals surface area contributed by atoms with Gasteiger partial charge in [-0.3, -0.25) is 4.72 Å². The minimum Gasteiger partial charge on any atom is -0.316 e. The molecule has 1 rings (SSSR count). The Labute approximate surface area is 122 Å². The van der Waals surface area contributed by atoms with Crippen molar-refractivity contribution >= 4 is 38.9 Å². The van der Waals surface area contributed by atoms with E-state index in [4.69, 9.17) is 23.2 Å². The van der Waals surface area contributed by atoms with E-state index >= 15 is 0 Å². The fourth-order valence-electron chi connectivity index (χ4n) is 1.35. The molecule has 2 N–H and O–H groups in total. The molecule has 1 aromatic rings. The van der Waals surface area contributed by atoms with Crippen LogP contribution in [0.15, 0.2) is 12.1 Å². The number of hydrogen-bond acceptors (Lipinski definition) is 3. The zero-order chi connectivity index (χ0) is 14.5. The molecular weight excluding hydrogens is 314 g/mol. The van der Waals surface area contributed by atoms with E-state index in [0.717, 1.165) is 25.1 Å². The third-order valence-corrected chi connectivity index (χ3v) is 4.09. The highest BCUT2D eigenvalue weighted by Crippen LogP contribution is 2.32. The molecule has 0 fully saturated rings. The molecule has 0 spiro atoms. The quantitative estimate of drug-likeness (QED) is 0.756. The minimum atomic E-state index is -3.58. The maximum Gasteiger partial charge on any atom is 0.234 e. The molecule has 0 heterocycles. The van der Waals surface area contributed by atoms with Crippen LogP contribution in [0.3, 0.4) is 0 Å². The monoisotopic (exact) mass is 328 g/mol. The summed E-state index contributed by atoms with van der Waals surface area (Å²) in [5.74, 6) is -0.737. The van der Waals surface area contributed by atoms with Crippen molar-refractivity contribution in [2.75, 3.05) is 23.6 Å². The lowest BCUT2D eigenvalue weighted by molar-refractivity contribution is 0.595. The summed E-state index contributed by atoms with van der Waals surface area (Å²) in [7, 11) is -3.58. The summed E-state index contributed by atoms with van der Waals surface area (Å²) in [5, 5.41) is 2.82. The molecule has 4 nitrogen and oxygen atoms in total. The Morgan fingerprint density at radius 1 is 1.21 bits per heavy atom. The summed E-state index contributed by atoms with van der Waals surface area (Å²) in [4.78, 5) is 0. The Morgan fingerprint density at radius 2 is 1.79 bits per heavy atom. The van der Waals surface area contributed by atoms with E-state index in [1.807, 2.05) is 6.92 Å². The number of hydrogen-bond donors (Lipinski definition) is 2. The molecule has 0 radical (unpaired) electrons. The molecule has 8 heteroatoms. The average molecular weight is 329 g/mol. The third-order valence-electron chi connectivity index (χ3n) is 2.24. The molecule has 0 unspecified atom stereocenters. The summed E-state index contributed by atoms with van der Waals surface area (Å²) >= 11 is 11.5. The first-order valence-electron chi connectivity index (χ1n) is 5.71. The van der Waals surface area contributed by atoms with Gasteiger partial charge in [0.1, 0.15) is 5.82 Å². The van der Waals surface area contributed by atoms with E-state index in [9.17, 15) is 12.8 Å². The van der Waals surface area contributed by atoms with Gasteiger partial charge in [-0.25, -0.2) is 12.8 Å². The van der Waals surface area contributed by atoms with Crippen molar-refractivity contribution in [2.24, 2.45) is 0 Å². The van der Waals surface area contributed by atoms with Crippen LogP contribution in [-0.2, 0) is 10.0 Å². The second kappa shape index (κ2) is 7.28. The highest BCUT2D eigenvalue weighted by atomic mass is 35.5. The Hall–Kier alpha value is -0.560. The normalized spacial score (nSPS) is 11.6. The van der Waals surface area contributed by atoms with Gasteiger partial charge in [0, 0.05) is 6.54 Å². The van der Waals surface area contributed by atoms with Crippen LogP contribution in [0, 0.1) is 5.82 Å². The summed E-state index contributed by atoms with van der Waals surface area (Å²) in [5.41, 5.74) is 0.000208. The van der Waals surface area contributed by atoms with Crippen molar-refractivity contribution in [3.8, 4) is 0 Å². The standard InChI is InChI=1S/C11H15Cl2FN2O2S/c1-2-3-15-4-5-19(17,18)16-11-9(12)6-8(14)7-10(11)13/h6-7,15-16H,2-5H2,1H3. The number of sulfonamides is 1. The summed E-state index contributed by atoms with van der Waals surface area (Å²) in [6, 6.07) is 2.00. The van der Waals surface area contributed by atoms with Gasteiger partial charge < -0.3 is 5.32 Å². The third kappa shape index (κ3) is 5.52. The smallest absolute Gasteiger partial charge is 0.234 e. The molecule has 0 aliphatic carbocycles. The van der Waals surface area contributed by atoms with Gasteiger partial charge in [0.05, 0.1) is 21.5 Å². The fraction of sp³-hybridized carbons (Fsp3) is 0.455.